The van der Waals surface area contributed by atoms with Crippen LogP contribution in [0.25, 0.3) is 0 Å². The number of aryl methyl sites for hydroxylation is 2. The maximum absolute atomic E-state index is 12.4. The number of amides is 1. The van der Waals surface area contributed by atoms with E-state index in [0.717, 1.165) is 27.9 Å². The van der Waals surface area contributed by atoms with Crippen LogP contribution >= 0.6 is 0 Å². The molecule has 4 N–H and O–H groups in total. The van der Waals surface area contributed by atoms with Gasteiger partial charge in [-0.05, 0) is 56.0 Å². The first kappa shape index (κ1) is 16.5. The summed E-state index contributed by atoms with van der Waals surface area (Å²) >= 11 is 0. The van der Waals surface area contributed by atoms with Gasteiger partial charge in [-0.2, -0.15) is 0 Å². The number of benzene rings is 2. The minimum atomic E-state index is -0.350. The molecule has 1 amide bonds. The van der Waals surface area contributed by atoms with E-state index in [2.05, 4.69) is 16.2 Å². The van der Waals surface area contributed by atoms with Gasteiger partial charge >= 0.3 is 0 Å². The number of phenols is 1. The zero-order chi connectivity index (χ0) is 17.3. The van der Waals surface area contributed by atoms with Crippen LogP contribution in [-0.4, -0.2) is 17.1 Å². The highest BCUT2D eigenvalue weighted by atomic mass is 16.3. The maximum atomic E-state index is 12.4. The summed E-state index contributed by atoms with van der Waals surface area (Å²) in [7, 11) is 0. The Balaban J connectivity index is 1.69. The van der Waals surface area contributed by atoms with Crippen molar-refractivity contribution >= 4 is 11.6 Å². The highest BCUT2D eigenvalue weighted by molar-refractivity contribution is 5.95. The van der Waals surface area contributed by atoms with E-state index in [1.165, 1.54) is 0 Å². The Hall–Kier alpha value is -2.37. The first-order valence-corrected chi connectivity index (χ1v) is 8.13. The van der Waals surface area contributed by atoms with Crippen LogP contribution in [0.5, 0.6) is 5.75 Å². The molecule has 5 nitrogen and oxygen atoms in total. The third-order valence-electron chi connectivity index (χ3n) is 4.61. The lowest BCUT2D eigenvalue weighted by atomic mass is 9.96. The molecule has 126 valence electrons. The smallest absolute Gasteiger partial charge is 0.242 e. The number of hydrazine groups is 1. The van der Waals surface area contributed by atoms with Crippen molar-refractivity contribution in [2.45, 2.75) is 39.3 Å². The second-order valence-electron chi connectivity index (χ2n) is 6.43. The minimum absolute atomic E-state index is 0.0843. The van der Waals surface area contributed by atoms with Crippen molar-refractivity contribution in [2.24, 2.45) is 0 Å². The van der Waals surface area contributed by atoms with E-state index in [4.69, 9.17) is 0 Å². The van der Waals surface area contributed by atoms with Gasteiger partial charge in [0.15, 0.2) is 0 Å². The summed E-state index contributed by atoms with van der Waals surface area (Å²) in [5, 5.41) is 13.3. The second-order valence-corrected chi connectivity index (χ2v) is 6.43. The molecule has 0 radical (unpaired) electrons. The first-order valence-electron chi connectivity index (χ1n) is 8.13. The molecule has 5 heteroatoms. The van der Waals surface area contributed by atoms with Gasteiger partial charge in [0.2, 0.25) is 5.91 Å². The third-order valence-corrected chi connectivity index (χ3v) is 4.61. The number of carbonyl (C=O) groups excluding carboxylic acids is 1. The van der Waals surface area contributed by atoms with Crippen LogP contribution in [-0.2, 0) is 4.79 Å². The zero-order valence-corrected chi connectivity index (χ0v) is 14.2. The number of rotatable bonds is 3. The van der Waals surface area contributed by atoms with Crippen molar-refractivity contribution in [3.63, 3.8) is 0 Å². The summed E-state index contributed by atoms with van der Waals surface area (Å²) in [5.41, 5.74) is 10.8. The lowest BCUT2D eigenvalue weighted by Crippen LogP contribution is -2.39. The van der Waals surface area contributed by atoms with E-state index < -0.39 is 0 Å². The van der Waals surface area contributed by atoms with Crippen LogP contribution in [0, 0.1) is 20.8 Å². The molecule has 0 saturated carbocycles. The molecular weight excluding hydrogens is 302 g/mol. The topological polar surface area (TPSA) is 73.4 Å². The summed E-state index contributed by atoms with van der Waals surface area (Å²) in [6, 6.07) is 11.2. The molecule has 3 rings (SSSR count). The van der Waals surface area contributed by atoms with Gasteiger partial charge in [-0.1, -0.05) is 24.3 Å². The SMILES string of the molecule is Cc1cccc(NC(=O)C2CC(c3ccc(C)c(C)c3O)NN2)c1. The number of aromatic hydroxyl groups is 1. The van der Waals surface area contributed by atoms with Crippen LogP contribution in [0.3, 0.4) is 0 Å². The molecule has 24 heavy (non-hydrogen) atoms. The molecule has 0 aliphatic carbocycles. The van der Waals surface area contributed by atoms with Gasteiger partial charge in [0.05, 0.1) is 6.04 Å². The Labute approximate surface area is 142 Å². The van der Waals surface area contributed by atoms with Crippen LogP contribution in [0.4, 0.5) is 5.69 Å². The van der Waals surface area contributed by atoms with Gasteiger partial charge in [-0.15, -0.1) is 0 Å². The lowest BCUT2D eigenvalue weighted by molar-refractivity contribution is -0.117. The Morgan fingerprint density at radius 3 is 2.71 bits per heavy atom. The van der Waals surface area contributed by atoms with Gasteiger partial charge in [0, 0.05) is 11.3 Å². The van der Waals surface area contributed by atoms with Crippen molar-refractivity contribution in [1.29, 1.82) is 0 Å². The average molecular weight is 325 g/mol. The molecule has 2 aromatic carbocycles. The summed E-state index contributed by atoms with van der Waals surface area (Å²) in [5.74, 6) is 0.216. The van der Waals surface area contributed by atoms with Gasteiger partial charge in [-0.25, -0.2) is 10.9 Å². The van der Waals surface area contributed by atoms with Crippen LogP contribution < -0.4 is 16.2 Å². The molecule has 2 atom stereocenters. The monoisotopic (exact) mass is 325 g/mol. The predicted molar refractivity (Wildman–Crippen MR) is 94.8 cm³/mol. The molecule has 0 aromatic heterocycles. The highest BCUT2D eigenvalue weighted by Crippen LogP contribution is 2.33. The molecule has 1 saturated heterocycles. The quantitative estimate of drug-likeness (QED) is 0.700. The summed E-state index contributed by atoms with van der Waals surface area (Å²) in [4.78, 5) is 12.4. The second kappa shape index (κ2) is 6.63. The zero-order valence-electron chi connectivity index (χ0n) is 14.2. The fourth-order valence-corrected chi connectivity index (χ4v) is 2.99. The van der Waals surface area contributed by atoms with E-state index in [1.807, 2.05) is 57.2 Å². The molecule has 2 aromatic rings. The predicted octanol–water partition coefficient (Wildman–Crippen LogP) is 2.86. The maximum Gasteiger partial charge on any atom is 0.242 e. The normalized spacial score (nSPS) is 20.1. The molecule has 1 fully saturated rings. The van der Waals surface area contributed by atoms with Crippen LogP contribution in [0.2, 0.25) is 0 Å². The Morgan fingerprint density at radius 1 is 1.17 bits per heavy atom. The largest absolute Gasteiger partial charge is 0.507 e. The number of hydrogen-bond donors (Lipinski definition) is 4. The molecule has 1 heterocycles. The van der Waals surface area contributed by atoms with Gasteiger partial charge in [0.1, 0.15) is 11.8 Å². The van der Waals surface area contributed by atoms with Gasteiger partial charge in [0.25, 0.3) is 0 Å². The Morgan fingerprint density at radius 2 is 1.96 bits per heavy atom. The fraction of sp³-hybridized carbons (Fsp3) is 0.316. The fourth-order valence-electron chi connectivity index (χ4n) is 2.99. The first-order chi connectivity index (χ1) is 11.5. The number of carbonyl (C=O) groups is 1. The molecule has 2 unspecified atom stereocenters. The number of nitrogens with one attached hydrogen (secondary N) is 3. The standard InChI is InChI=1S/C19H23N3O2/c1-11-5-4-6-14(9-11)20-19(24)17-10-16(21-22-17)15-8-7-12(2)13(3)18(15)23/h4-9,16-17,21-23H,10H2,1-3H3,(H,20,24). The van der Waals surface area contributed by atoms with Crippen molar-refractivity contribution < 1.29 is 9.90 Å². The van der Waals surface area contributed by atoms with Crippen molar-refractivity contribution in [3.8, 4) is 5.75 Å². The summed E-state index contributed by atoms with van der Waals surface area (Å²) in [6.45, 7) is 5.86. The number of phenolic OH excluding ortho intramolecular Hbond substituents is 1. The van der Waals surface area contributed by atoms with Crippen LogP contribution in [0.15, 0.2) is 36.4 Å². The minimum Gasteiger partial charge on any atom is -0.507 e. The van der Waals surface area contributed by atoms with Gasteiger partial charge in [-0.3, -0.25) is 4.79 Å². The van der Waals surface area contributed by atoms with Gasteiger partial charge < -0.3 is 10.4 Å². The number of hydrogen-bond acceptors (Lipinski definition) is 4. The van der Waals surface area contributed by atoms with Crippen molar-refractivity contribution in [2.75, 3.05) is 5.32 Å². The molecular formula is C19H23N3O2. The van der Waals surface area contributed by atoms with Crippen molar-refractivity contribution in [3.05, 3.63) is 58.7 Å². The molecule has 1 aliphatic rings. The van der Waals surface area contributed by atoms with E-state index in [1.54, 1.807) is 0 Å². The van der Waals surface area contributed by atoms with Crippen LogP contribution in [0.1, 0.15) is 34.7 Å². The number of anilines is 1. The summed E-state index contributed by atoms with van der Waals surface area (Å²) < 4.78 is 0. The summed E-state index contributed by atoms with van der Waals surface area (Å²) in [6.07, 6.45) is 0.577. The molecule has 0 spiro atoms. The molecule has 1 aliphatic heterocycles. The van der Waals surface area contributed by atoms with Crippen molar-refractivity contribution in [1.82, 2.24) is 10.9 Å². The molecule has 0 bridgehead atoms. The average Bonchev–Trinajstić information content (AvgIpc) is 3.02. The Kier molecular flexibility index (Phi) is 4.55. The Bertz CT molecular complexity index is 773. The lowest BCUT2D eigenvalue weighted by Gasteiger charge is -2.15. The third kappa shape index (κ3) is 3.27. The highest BCUT2D eigenvalue weighted by Gasteiger charge is 2.31. The van der Waals surface area contributed by atoms with E-state index in [0.29, 0.717) is 12.2 Å². The van der Waals surface area contributed by atoms with E-state index >= 15 is 0 Å². The van der Waals surface area contributed by atoms with E-state index in [9.17, 15) is 9.90 Å². The van der Waals surface area contributed by atoms with E-state index in [-0.39, 0.29) is 18.0 Å².